The molecular formula is C21H20ClNO3. The van der Waals surface area contributed by atoms with Crippen LogP contribution in [0.2, 0.25) is 5.02 Å². The van der Waals surface area contributed by atoms with Gasteiger partial charge < -0.3 is 14.7 Å². The summed E-state index contributed by atoms with van der Waals surface area (Å²) in [5.41, 5.74) is 2.98. The summed E-state index contributed by atoms with van der Waals surface area (Å²) < 4.78 is 5.60. The molecule has 0 aliphatic carbocycles. The van der Waals surface area contributed by atoms with Gasteiger partial charge >= 0.3 is 0 Å². The third-order valence-electron chi connectivity index (χ3n) is 5.15. The van der Waals surface area contributed by atoms with Gasteiger partial charge in [0.1, 0.15) is 0 Å². The number of halogens is 1. The molecule has 5 heteroatoms. The molecule has 0 saturated carbocycles. The van der Waals surface area contributed by atoms with Crippen LogP contribution < -0.4 is 0 Å². The predicted molar refractivity (Wildman–Crippen MR) is 99.3 cm³/mol. The van der Waals surface area contributed by atoms with Crippen molar-refractivity contribution in [2.75, 3.05) is 6.54 Å². The summed E-state index contributed by atoms with van der Waals surface area (Å²) in [6, 6.07) is 17.5. The summed E-state index contributed by atoms with van der Waals surface area (Å²) in [5, 5.41) is 11.0. The molecule has 1 N–H and O–H groups in total. The molecule has 0 saturated heterocycles. The molecule has 2 aliphatic rings. The quantitative estimate of drug-likeness (QED) is 0.897. The molecule has 0 unspecified atom stereocenters. The third kappa shape index (κ3) is 3.00. The fourth-order valence-electron chi connectivity index (χ4n) is 3.84. The van der Waals surface area contributed by atoms with Crippen molar-refractivity contribution in [2.24, 2.45) is 5.92 Å². The number of hydrogen-bond donors (Lipinski definition) is 1. The number of nitrogens with zero attached hydrogens (tertiary/aromatic N) is 1. The molecule has 2 heterocycles. The minimum Gasteiger partial charge on any atom is -0.459 e. The largest absolute Gasteiger partial charge is 0.459 e. The highest BCUT2D eigenvalue weighted by molar-refractivity contribution is 6.30. The van der Waals surface area contributed by atoms with Crippen LogP contribution in [0.25, 0.3) is 0 Å². The molecule has 1 amide bonds. The summed E-state index contributed by atoms with van der Waals surface area (Å²) >= 11 is 6.17. The number of hydrogen-bond acceptors (Lipinski definition) is 3. The molecule has 2 aromatic rings. The Balaban J connectivity index is 1.67. The first-order valence-corrected chi connectivity index (χ1v) is 9.09. The zero-order valence-electron chi connectivity index (χ0n) is 14.4. The fourth-order valence-corrected chi connectivity index (χ4v) is 4.04. The minimum atomic E-state index is -1.02. The standard InChI is InChI=1S/C21H20ClNO3/c1-13-18(15-8-5-9-16(22)10-15)17-12-23(11-14-6-3-2-4-7-14)20(24)19(17)26-21(13)25/h2-10,13,18,21,25H,11-12H2,1H3/t13-,18+,21+/m1/s1. The van der Waals surface area contributed by atoms with Crippen LogP contribution in [0.4, 0.5) is 0 Å². The average Bonchev–Trinajstić information content (AvgIpc) is 2.92. The molecule has 0 spiro atoms. The van der Waals surface area contributed by atoms with Gasteiger partial charge in [-0.05, 0) is 23.3 Å². The second-order valence-corrected chi connectivity index (χ2v) is 7.34. The summed E-state index contributed by atoms with van der Waals surface area (Å²) in [6.45, 7) is 2.95. The SMILES string of the molecule is C[C@@H]1[C@@H](c2cccc(Cl)c2)C2=C(O[C@@H]1O)C(=O)N(Cc1ccccc1)C2. The molecule has 4 nitrogen and oxygen atoms in total. The lowest BCUT2D eigenvalue weighted by molar-refractivity contribution is -0.144. The summed E-state index contributed by atoms with van der Waals surface area (Å²) in [7, 11) is 0. The zero-order chi connectivity index (χ0) is 18.3. The van der Waals surface area contributed by atoms with Crippen molar-refractivity contribution in [1.29, 1.82) is 0 Å². The van der Waals surface area contributed by atoms with Crippen LogP contribution in [-0.4, -0.2) is 28.7 Å². The van der Waals surface area contributed by atoms with Gasteiger partial charge in [-0.25, -0.2) is 0 Å². The molecule has 0 bridgehead atoms. The van der Waals surface area contributed by atoms with Crippen molar-refractivity contribution in [3.8, 4) is 0 Å². The monoisotopic (exact) mass is 369 g/mol. The van der Waals surface area contributed by atoms with Gasteiger partial charge in [-0.15, -0.1) is 0 Å². The molecule has 0 aromatic heterocycles. The van der Waals surface area contributed by atoms with E-state index in [-0.39, 0.29) is 23.5 Å². The Hall–Kier alpha value is -2.30. The van der Waals surface area contributed by atoms with Crippen molar-refractivity contribution in [3.05, 3.63) is 82.1 Å². The molecule has 0 fully saturated rings. The van der Waals surface area contributed by atoms with Crippen LogP contribution in [0, 0.1) is 5.92 Å². The van der Waals surface area contributed by atoms with Crippen LogP contribution in [0.15, 0.2) is 65.9 Å². The number of benzene rings is 2. The van der Waals surface area contributed by atoms with E-state index in [0.29, 0.717) is 18.1 Å². The second-order valence-electron chi connectivity index (χ2n) is 6.90. The number of ether oxygens (including phenoxy) is 1. The zero-order valence-corrected chi connectivity index (χ0v) is 15.2. The van der Waals surface area contributed by atoms with E-state index in [9.17, 15) is 9.90 Å². The maximum absolute atomic E-state index is 12.8. The van der Waals surface area contributed by atoms with Gasteiger partial charge in [-0.1, -0.05) is 61.0 Å². The van der Waals surface area contributed by atoms with Gasteiger partial charge in [0.25, 0.3) is 5.91 Å². The van der Waals surface area contributed by atoms with Crippen molar-refractivity contribution >= 4 is 17.5 Å². The van der Waals surface area contributed by atoms with Crippen molar-refractivity contribution in [2.45, 2.75) is 25.7 Å². The second kappa shape index (κ2) is 6.78. The summed E-state index contributed by atoms with van der Waals surface area (Å²) in [6.07, 6.45) is -1.02. The highest BCUT2D eigenvalue weighted by Gasteiger charge is 2.45. The molecule has 134 valence electrons. The highest BCUT2D eigenvalue weighted by Crippen LogP contribution is 2.44. The van der Waals surface area contributed by atoms with Crippen molar-refractivity contribution in [3.63, 3.8) is 0 Å². The van der Waals surface area contributed by atoms with Gasteiger partial charge in [-0.2, -0.15) is 0 Å². The van der Waals surface area contributed by atoms with Crippen LogP contribution in [0.3, 0.4) is 0 Å². The molecule has 2 aromatic carbocycles. The molecular weight excluding hydrogens is 350 g/mol. The number of aliphatic hydroxyl groups excluding tert-OH is 1. The van der Waals surface area contributed by atoms with Gasteiger partial charge in [0.05, 0.1) is 0 Å². The topological polar surface area (TPSA) is 49.8 Å². The number of rotatable bonds is 3. The van der Waals surface area contributed by atoms with E-state index in [4.69, 9.17) is 16.3 Å². The Morgan fingerprint density at radius 2 is 1.96 bits per heavy atom. The van der Waals surface area contributed by atoms with E-state index in [0.717, 1.165) is 16.7 Å². The van der Waals surface area contributed by atoms with E-state index in [1.54, 1.807) is 4.90 Å². The first-order chi connectivity index (χ1) is 12.5. The van der Waals surface area contributed by atoms with Gasteiger partial charge in [0.15, 0.2) is 5.76 Å². The lowest BCUT2D eigenvalue weighted by Crippen LogP contribution is -2.33. The van der Waals surface area contributed by atoms with Gasteiger partial charge in [-0.3, -0.25) is 4.79 Å². The summed E-state index contributed by atoms with van der Waals surface area (Å²) in [5.74, 6) is -0.146. The summed E-state index contributed by atoms with van der Waals surface area (Å²) in [4.78, 5) is 14.6. The molecule has 3 atom stereocenters. The Labute approximate surface area is 157 Å². The van der Waals surface area contributed by atoms with Crippen LogP contribution in [-0.2, 0) is 16.1 Å². The maximum Gasteiger partial charge on any atom is 0.289 e. The number of amides is 1. The maximum atomic E-state index is 12.8. The molecule has 26 heavy (non-hydrogen) atoms. The Bertz CT molecular complexity index is 865. The normalized spacial score (nSPS) is 25.3. The first kappa shape index (κ1) is 17.1. The van der Waals surface area contributed by atoms with Gasteiger partial charge in [0, 0.05) is 35.5 Å². The molecule has 2 aliphatic heterocycles. The molecule has 4 rings (SSSR count). The van der Waals surface area contributed by atoms with E-state index < -0.39 is 6.29 Å². The van der Waals surface area contributed by atoms with E-state index in [1.165, 1.54) is 0 Å². The fraction of sp³-hybridized carbons (Fsp3) is 0.286. The Morgan fingerprint density at radius 1 is 1.19 bits per heavy atom. The number of carbonyl (C=O) groups excluding carboxylic acids is 1. The lowest BCUT2D eigenvalue weighted by atomic mass is 9.79. The highest BCUT2D eigenvalue weighted by atomic mass is 35.5. The Morgan fingerprint density at radius 3 is 2.69 bits per heavy atom. The van der Waals surface area contributed by atoms with Crippen LogP contribution in [0.1, 0.15) is 24.0 Å². The van der Waals surface area contributed by atoms with Crippen molar-refractivity contribution in [1.82, 2.24) is 4.90 Å². The Kier molecular flexibility index (Phi) is 4.47. The smallest absolute Gasteiger partial charge is 0.289 e. The van der Waals surface area contributed by atoms with E-state index in [1.807, 2.05) is 61.5 Å². The van der Waals surface area contributed by atoms with Crippen LogP contribution in [0.5, 0.6) is 0 Å². The molecule has 0 radical (unpaired) electrons. The number of carbonyl (C=O) groups is 1. The van der Waals surface area contributed by atoms with Gasteiger partial charge in [0.2, 0.25) is 6.29 Å². The van der Waals surface area contributed by atoms with Crippen molar-refractivity contribution < 1.29 is 14.6 Å². The minimum absolute atomic E-state index is 0.0998. The lowest BCUT2D eigenvalue weighted by Gasteiger charge is -2.34. The van der Waals surface area contributed by atoms with E-state index >= 15 is 0 Å². The average molecular weight is 370 g/mol. The number of aliphatic hydroxyl groups is 1. The van der Waals surface area contributed by atoms with E-state index in [2.05, 4.69) is 0 Å². The third-order valence-corrected chi connectivity index (χ3v) is 5.38. The predicted octanol–water partition coefficient (Wildman–Crippen LogP) is 3.70. The van der Waals surface area contributed by atoms with Crippen LogP contribution >= 0.6 is 11.6 Å². The first-order valence-electron chi connectivity index (χ1n) is 8.71.